The molecule has 0 radical (unpaired) electrons. The number of carboxylic acids is 1. The molecule has 0 amide bonds. The van der Waals surface area contributed by atoms with E-state index in [9.17, 15) is 18.0 Å². The first-order valence-corrected chi connectivity index (χ1v) is 6.17. The minimum Gasteiger partial charge on any atom is -0.478 e. The van der Waals surface area contributed by atoms with E-state index in [1.807, 2.05) is 0 Å². The van der Waals surface area contributed by atoms with Crippen molar-refractivity contribution >= 4 is 17.6 Å². The Morgan fingerprint density at radius 3 is 2.43 bits per heavy atom. The molecule has 0 aliphatic rings. The maximum Gasteiger partial charge on any atom is 0.418 e. The van der Waals surface area contributed by atoms with Gasteiger partial charge in [-0.25, -0.2) is 4.79 Å². The largest absolute Gasteiger partial charge is 0.478 e. The fourth-order valence-electron chi connectivity index (χ4n) is 2.03. The molecular formula is C12H11ClF3N3O2. The first kappa shape index (κ1) is 15.4. The molecule has 0 atom stereocenters. The van der Waals surface area contributed by atoms with Crippen molar-refractivity contribution in [3.63, 3.8) is 0 Å². The lowest BCUT2D eigenvalue weighted by molar-refractivity contribution is -0.138. The van der Waals surface area contributed by atoms with E-state index in [4.69, 9.17) is 16.7 Å². The highest BCUT2D eigenvalue weighted by atomic mass is 35.5. The molecule has 0 saturated heterocycles. The average molecular weight is 322 g/mol. The molecule has 1 N–H and O–H groups in total. The number of hydrogen-bond donors (Lipinski definition) is 1. The molecule has 21 heavy (non-hydrogen) atoms. The number of aryl methyl sites for hydroxylation is 2. The number of carbonyl (C=O) groups is 1. The summed E-state index contributed by atoms with van der Waals surface area (Å²) in [5.41, 5.74) is -0.866. The summed E-state index contributed by atoms with van der Waals surface area (Å²) in [6.07, 6.45) is -3.03. The van der Waals surface area contributed by atoms with Gasteiger partial charge in [0.25, 0.3) is 0 Å². The standard InChI is InChI=1S/C12H11ClF3N3O2/c1-6-7(10(13)18(2)17-6)3-19-4-8(11(20)21)9(5-19)12(14,15)16/h4-5H,3H2,1-2H3,(H,20,21). The number of halogens is 4. The van der Waals surface area contributed by atoms with Crippen LogP contribution >= 0.6 is 11.6 Å². The Labute approximate surface area is 122 Å². The van der Waals surface area contributed by atoms with Crippen molar-refractivity contribution in [1.29, 1.82) is 0 Å². The highest BCUT2D eigenvalue weighted by molar-refractivity contribution is 6.30. The Morgan fingerprint density at radius 2 is 2.05 bits per heavy atom. The molecule has 0 aromatic carbocycles. The van der Waals surface area contributed by atoms with E-state index in [0.717, 1.165) is 17.0 Å². The molecule has 114 valence electrons. The highest BCUT2D eigenvalue weighted by Crippen LogP contribution is 2.33. The number of alkyl halides is 3. The van der Waals surface area contributed by atoms with Crippen LogP contribution in [0.5, 0.6) is 0 Å². The van der Waals surface area contributed by atoms with Crippen molar-refractivity contribution < 1.29 is 23.1 Å². The summed E-state index contributed by atoms with van der Waals surface area (Å²) in [5, 5.41) is 13.2. The lowest BCUT2D eigenvalue weighted by atomic mass is 10.2. The molecule has 2 aromatic heterocycles. The van der Waals surface area contributed by atoms with Crippen LogP contribution in [-0.4, -0.2) is 25.4 Å². The Kier molecular flexibility index (Phi) is 3.75. The van der Waals surface area contributed by atoms with E-state index in [-0.39, 0.29) is 6.54 Å². The summed E-state index contributed by atoms with van der Waals surface area (Å²) in [7, 11) is 1.61. The van der Waals surface area contributed by atoms with Crippen molar-refractivity contribution in [3.05, 3.63) is 39.9 Å². The molecule has 2 rings (SSSR count). The number of nitrogens with zero attached hydrogens (tertiary/aromatic N) is 3. The Hall–Kier alpha value is -1.96. The molecule has 0 unspecified atom stereocenters. The summed E-state index contributed by atoms with van der Waals surface area (Å²) < 4.78 is 41.0. The van der Waals surface area contributed by atoms with Crippen LogP contribution in [0.3, 0.4) is 0 Å². The fourth-order valence-corrected chi connectivity index (χ4v) is 2.27. The second kappa shape index (κ2) is 5.10. The van der Waals surface area contributed by atoms with Crippen molar-refractivity contribution in [2.24, 2.45) is 7.05 Å². The highest BCUT2D eigenvalue weighted by Gasteiger charge is 2.37. The molecule has 0 bridgehead atoms. The van der Waals surface area contributed by atoms with Gasteiger partial charge in [-0.3, -0.25) is 4.68 Å². The second-order valence-electron chi connectivity index (χ2n) is 4.54. The summed E-state index contributed by atoms with van der Waals surface area (Å²) in [4.78, 5) is 10.9. The lowest BCUT2D eigenvalue weighted by Crippen LogP contribution is -2.09. The van der Waals surface area contributed by atoms with Gasteiger partial charge in [-0.05, 0) is 6.92 Å². The van der Waals surface area contributed by atoms with Crippen LogP contribution in [0.2, 0.25) is 5.15 Å². The van der Waals surface area contributed by atoms with E-state index in [2.05, 4.69) is 5.10 Å². The summed E-state index contributed by atoms with van der Waals surface area (Å²) in [6.45, 7) is 1.68. The van der Waals surface area contributed by atoms with Crippen molar-refractivity contribution in [3.8, 4) is 0 Å². The maximum absolute atomic E-state index is 12.8. The van der Waals surface area contributed by atoms with Crippen molar-refractivity contribution in [2.75, 3.05) is 0 Å². The van der Waals surface area contributed by atoms with Crippen LogP contribution in [0.4, 0.5) is 13.2 Å². The molecule has 9 heteroatoms. The Bertz CT molecular complexity index is 703. The second-order valence-corrected chi connectivity index (χ2v) is 4.90. The van der Waals surface area contributed by atoms with E-state index in [1.54, 1.807) is 14.0 Å². The maximum atomic E-state index is 12.8. The monoisotopic (exact) mass is 321 g/mol. The van der Waals surface area contributed by atoms with Crippen LogP contribution in [-0.2, 0) is 19.8 Å². The molecule has 2 aromatic rings. The zero-order chi connectivity index (χ0) is 15.9. The van der Waals surface area contributed by atoms with Gasteiger partial charge in [0.1, 0.15) is 5.15 Å². The normalized spacial score (nSPS) is 11.9. The molecule has 2 heterocycles. The minimum absolute atomic E-state index is 0.00880. The molecular weight excluding hydrogens is 311 g/mol. The fraction of sp³-hybridized carbons (Fsp3) is 0.333. The van der Waals surface area contributed by atoms with Crippen LogP contribution in [0.25, 0.3) is 0 Å². The molecule has 0 fully saturated rings. The van der Waals surface area contributed by atoms with E-state index < -0.39 is 23.3 Å². The van der Waals surface area contributed by atoms with Crippen LogP contribution in [0.15, 0.2) is 12.4 Å². The van der Waals surface area contributed by atoms with Gasteiger partial charge in [-0.15, -0.1) is 0 Å². The number of hydrogen-bond acceptors (Lipinski definition) is 2. The van der Waals surface area contributed by atoms with Gasteiger partial charge in [-0.1, -0.05) is 11.6 Å². The third-order valence-electron chi connectivity index (χ3n) is 3.03. The van der Waals surface area contributed by atoms with Crippen molar-refractivity contribution in [2.45, 2.75) is 19.6 Å². The molecule has 5 nitrogen and oxygen atoms in total. The predicted molar refractivity (Wildman–Crippen MR) is 68.5 cm³/mol. The first-order valence-electron chi connectivity index (χ1n) is 5.79. The van der Waals surface area contributed by atoms with Gasteiger partial charge >= 0.3 is 12.1 Å². The Morgan fingerprint density at radius 1 is 1.43 bits per heavy atom. The summed E-state index contributed by atoms with van der Waals surface area (Å²) >= 11 is 6.01. The number of carboxylic acid groups (broad SMARTS) is 1. The minimum atomic E-state index is -4.73. The van der Waals surface area contributed by atoms with E-state index in [0.29, 0.717) is 16.4 Å². The van der Waals surface area contributed by atoms with Gasteiger partial charge in [0.05, 0.1) is 23.4 Å². The molecule has 0 aliphatic carbocycles. The molecule has 0 aliphatic heterocycles. The smallest absolute Gasteiger partial charge is 0.418 e. The van der Waals surface area contributed by atoms with E-state index >= 15 is 0 Å². The molecule has 0 spiro atoms. The van der Waals surface area contributed by atoms with Gasteiger partial charge in [-0.2, -0.15) is 18.3 Å². The zero-order valence-corrected chi connectivity index (χ0v) is 11.8. The van der Waals surface area contributed by atoms with Gasteiger partial charge < -0.3 is 9.67 Å². The van der Waals surface area contributed by atoms with Crippen LogP contribution in [0, 0.1) is 6.92 Å². The predicted octanol–water partition coefficient (Wildman–Crippen LogP) is 2.95. The third-order valence-corrected chi connectivity index (χ3v) is 3.50. The summed E-state index contributed by atoms with van der Waals surface area (Å²) in [5.74, 6) is -1.63. The number of aromatic nitrogens is 3. The van der Waals surface area contributed by atoms with Gasteiger partial charge in [0, 0.05) is 25.0 Å². The SMILES string of the molecule is Cc1nn(C)c(Cl)c1Cn1cc(C(=O)O)c(C(F)(F)F)c1. The van der Waals surface area contributed by atoms with Crippen LogP contribution < -0.4 is 0 Å². The van der Waals surface area contributed by atoms with Crippen LogP contribution in [0.1, 0.15) is 27.2 Å². The first-order chi connectivity index (χ1) is 9.61. The van der Waals surface area contributed by atoms with Gasteiger partial charge in [0.15, 0.2) is 0 Å². The molecule has 0 saturated carbocycles. The Balaban J connectivity index is 2.44. The summed E-state index contributed by atoms with van der Waals surface area (Å²) in [6, 6.07) is 0. The lowest BCUT2D eigenvalue weighted by Gasteiger charge is -2.05. The topological polar surface area (TPSA) is 60.0 Å². The quantitative estimate of drug-likeness (QED) is 0.945. The zero-order valence-electron chi connectivity index (χ0n) is 11.1. The number of rotatable bonds is 3. The van der Waals surface area contributed by atoms with Gasteiger partial charge in [0.2, 0.25) is 0 Å². The third kappa shape index (κ3) is 2.90. The van der Waals surface area contributed by atoms with Crippen molar-refractivity contribution in [1.82, 2.24) is 14.3 Å². The number of aromatic carboxylic acids is 1. The van der Waals surface area contributed by atoms with E-state index in [1.165, 1.54) is 4.68 Å². The average Bonchev–Trinajstić information content (AvgIpc) is 2.87.